The summed E-state index contributed by atoms with van der Waals surface area (Å²) in [4.78, 5) is 33.0. The second-order valence-corrected chi connectivity index (χ2v) is 6.79. The highest BCUT2D eigenvalue weighted by atomic mass is 19.4. The van der Waals surface area contributed by atoms with Gasteiger partial charge in [0.15, 0.2) is 0 Å². The predicted molar refractivity (Wildman–Crippen MR) is 101 cm³/mol. The third-order valence-electron chi connectivity index (χ3n) is 4.51. The molecule has 0 saturated carbocycles. The molecule has 2 amide bonds. The number of carbonyl (C=O) groups excluding carboxylic acids is 2. The van der Waals surface area contributed by atoms with E-state index in [4.69, 9.17) is 11.5 Å². The number of halogens is 3. The van der Waals surface area contributed by atoms with Crippen LogP contribution in [0.25, 0.3) is 0 Å². The molecule has 0 radical (unpaired) electrons. The SMILES string of the molecule is CC(Nc1cc(C(N)=O)nc(N2CC(c3ccc(OC(F)(F)F)cc3)C2)n1)C(N)=O. The number of nitrogens with zero attached hydrogens (tertiary/aromatic N) is 3. The van der Waals surface area contributed by atoms with Crippen molar-refractivity contribution in [2.24, 2.45) is 11.5 Å². The van der Waals surface area contributed by atoms with Crippen LogP contribution in [0.15, 0.2) is 30.3 Å². The Morgan fingerprint density at radius 2 is 1.83 bits per heavy atom. The Morgan fingerprint density at radius 1 is 1.20 bits per heavy atom. The molecule has 3 rings (SSSR count). The third-order valence-corrected chi connectivity index (χ3v) is 4.51. The van der Waals surface area contributed by atoms with Crippen molar-refractivity contribution in [1.82, 2.24) is 9.97 Å². The fourth-order valence-electron chi connectivity index (χ4n) is 2.86. The van der Waals surface area contributed by atoms with Gasteiger partial charge in [-0.25, -0.2) is 4.98 Å². The molecule has 160 valence electrons. The molecule has 1 saturated heterocycles. The Kier molecular flexibility index (Phi) is 5.67. The monoisotopic (exact) mass is 424 g/mol. The zero-order valence-corrected chi connectivity index (χ0v) is 15.8. The normalized spacial score (nSPS) is 15.3. The van der Waals surface area contributed by atoms with Crippen LogP contribution in [0.5, 0.6) is 5.75 Å². The van der Waals surface area contributed by atoms with E-state index in [0.29, 0.717) is 13.1 Å². The van der Waals surface area contributed by atoms with Gasteiger partial charge in [0.05, 0.1) is 0 Å². The van der Waals surface area contributed by atoms with Crippen molar-refractivity contribution in [3.8, 4) is 5.75 Å². The van der Waals surface area contributed by atoms with Crippen molar-refractivity contribution in [1.29, 1.82) is 0 Å². The maximum Gasteiger partial charge on any atom is 0.573 e. The summed E-state index contributed by atoms with van der Waals surface area (Å²) in [6.45, 7) is 2.50. The maximum absolute atomic E-state index is 12.3. The van der Waals surface area contributed by atoms with Crippen LogP contribution in [0.1, 0.15) is 28.9 Å². The molecule has 1 aromatic heterocycles. The summed E-state index contributed by atoms with van der Waals surface area (Å²) in [5.41, 5.74) is 11.3. The van der Waals surface area contributed by atoms with Crippen LogP contribution in [0.4, 0.5) is 24.9 Å². The summed E-state index contributed by atoms with van der Waals surface area (Å²) >= 11 is 0. The van der Waals surface area contributed by atoms with Crippen LogP contribution in [0, 0.1) is 0 Å². The first-order valence-corrected chi connectivity index (χ1v) is 8.87. The zero-order chi connectivity index (χ0) is 22.1. The van der Waals surface area contributed by atoms with Crippen molar-refractivity contribution < 1.29 is 27.5 Å². The molecule has 1 unspecified atom stereocenters. The molecule has 30 heavy (non-hydrogen) atoms. The second kappa shape index (κ2) is 8.05. The highest BCUT2D eigenvalue weighted by Crippen LogP contribution is 2.32. The fraction of sp³-hybridized carbons (Fsp3) is 0.333. The largest absolute Gasteiger partial charge is 0.573 e. The highest BCUT2D eigenvalue weighted by Gasteiger charge is 2.33. The van der Waals surface area contributed by atoms with Crippen molar-refractivity contribution in [2.45, 2.75) is 25.2 Å². The van der Waals surface area contributed by atoms with E-state index in [9.17, 15) is 22.8 Å². The van der Waals surface area contributed by atoms with Gasteiger partial charge in [0.2, 0.25) is 11.9 Å². The summed E-state index contributed by atoms with van der Waals surface area (Å²) < 4.78 is 40.6. The molecule has 0 bridgehead atoms. The highest BCUT2D eigenvalue weighted by molar-refractivity contribution is 5.92. The maximum atomic E-state index is 12.3. The average Bonchev–Trinajstić information content (AvgIpc) is 2.60. The molecule has 0 spiro atoms. The smallest absolute Gasteiger partial charge is 0.406 e. The lowest BCUT2D eigenvalue weighted by molar-refractivity contribution is -0.274. The minimum Gasteiger partial charge on any atom is -0.406 e. The Morgan fingerprint density at radius 3 is 2.37 bits per heavy atom. The Bertz CT molecular complexity index is 945. The number of nitrogens with one attached hydrogen (secondary N) is 1. The standard InChI is InChI=1S/C18H19F3N6O3/c1-9(15(22)28)24-14-6-13(16(23)29)25-17(26-14)27-7-11(8-27)10-2-4-12(5-3-10)30-18(19,20)21/h2-6,9,11H,7-8H2,1H3,(H2,22,28)(H2,23,29)(H,24,25,26). The lowest BCUT2D eigenvalue weighted by Crippen LogP contribution is -2.46. The predicted octanol–water partition coefficient (Wildman–Crippen LogP) is 1.36. The third kappa shape index (κ3) is 5.07. The first-order chi connectivity index (χ1) is 14.0. The van der Waals surface area contributed by atoms with E-state index in [0.717, 1.165) is 5.56 Å². The molecule has 2 aromatic rings. The second-order valence-electron chi connectivity index (χ2n) is 6.79. The summed E-state index contributed by atoms with van der Waals surface area (Å²) in [7, 11) is 0. The van der Waals surface area contributed by atoms with E-state index in [1.165, 1.54) is 18.2 Å². The number of ether oxygens (including phenoxy) is 1. The molecule has 1 aliphatic heterocycles. The lowest BCUT2D eigenvalue weighted by atomic mass is 9.92. The summed E-state index contributed by atoms with van der Waals surface area (Å²) in [6, 6.07) is 6.22. The number of nitrogens with two attached hydrogens (primary N) is 2. The number of amides is 2. The van der Waals surface area contributed by atoms with Crippen LogP contribution in [0.2, 0.25) is 0 Å². The van der Waals surface area contributed by atoms with Gasteiger partial charge in [0.25, 0.3) is 5.91 Å². The first kappa shape index (κ1) is 21.1. The van der Waals surface area contributed by atoms with Gasteiger partial charge in [-0.15, -0.1) is 13.2 Å². The number of aromatic nitrogens is 2. The van der Waals surface area contributed by atoms with E-state index in [2.05, 4.69) is 20.0 Å². The van der Waals surface area contributed by atoms with Crippen LogP contribution in [-0.2, 0) is 4.79 Å². The van der Waals surface area contributed by atoms with Gasteiger partial charge in [0, 0.05) is 25.1 Å². The Labute approximate surface area is 169 Å². The lowest BCUT2D eigenvalue weighted by Gasteiger charge is -2.39. The molecule has 1 atom stereocenters. The number of alkyl halides is 3. The van der Waals surface area contributed by atoms with Crippen molar-refractivity contribution in [3.05, 3.63) is 41.6 Å². The van der Waals surface area contributed by atoms with Crippen LogP contribution >= 0.6 is 0 Å². The molecule has 5 N–H and O–H groups in total. The van der Waals surface area contributed by atoms with Crippen molar-refractivity contribution in [3.63, 3.8) is 0 Å². The zero-order valence-electron chi connectivity index (χ0n) is 15.8. The molecular weight excluding hydrogens is 405 g/mol. The minimum absolute atomic E-state index is 0.0312. The molecule has 9 nitrogen and oxygen atoms in total. The summed E-state index contributed by atoms with van der Waals surface area (Å²) in [5.74, 6) is -1.16. The van der Waals surface area contributed by atoms with Gasteiger partial charge in [0.1, 0.15) is 23.3 Å². The van der Waals surface area contributed by atoms with E-state index < -0.39 is 24.2 Å². The molecule has 1 aliphatic rings. The molecule has 0 aliphatic carbocycles. The van der Waals surface area contributed by atoms with Crippen molar-refractivity contribution >= 4 is 23.6 Å². The van der Waals surface area contributed by atoms with Crippen LogP contribution in [-0.4, -0.2) is 47.3 Å². The quantitative estimate of drug-likeness (QED) is 0.610. The first-order valence-electron chi connectivity index (χ1n) is 8.87. The average molecular weight is 424 g/mol. The van der Waals surface area contributed by atoms with E-state index >= 15 is 0 Å². The topological polar surface area (TPSA) is 136 Å². The van der Waals surface area contributed by atoms with Gasteiger partial charge in [-0.1, -0.05) is 12.1 Å². The van der Waals surface area contributed by atoms with Crippen LogP contribution in [0.3, 0.4) is 0 Å². The van der Waals surface area contributed by atoms with E-state index in [1.807, 2.05) is 0 Å². The summed E-state index contributed by atoms with van der Waals surface area (Å²) in [6.07, 6.45) is -4.74. The number of rotatable bonds is 7. The molecule has 2 heterocycles. The molecule has 12 heteroatoms. The van der Waals surface area contributed by atoms with Gasteiger partial charge in [-0.2, -0.15) is 4.98 Å². The number of anilines is 2. The minimum atomic E-state index is -4.74. The van der Waals surface area contributed by atoms with Gasteiger partial charge in [-0.05, 0) is 24.6 Å². The number of hydrogen-bond acceptors (Lipinski definition) is 7. The number of carbonyl (C=O) groups is 2. The van der Waals surface area contributed by atoms with Gasteiger partial charge >= 0.3 is 6.36 Å². The Hall–Kier alpha value is -3.57. The van der Waals surface area contributed by atoms with Crippen LogP contribution < -0.4 is 26.4 Å². The molecule has 1 aromatic carbocycles. The van der Waals surface area contributed by atoms with Gasteiger partial charge < -0.3 is 26.4 Å². The fourth-order valence-corrected chi connectivity index (χ4v) is 2.86. The Balaban J connectivity index is 1.70. The van der Waals surface area contributed by atoms with E-state index in [1.54, 1.807) is 24.0 Å². The number of benzene rings is 1. The number of hydrogen-bond donors (Lipinski definition) is 3. The number of primary amides is 2. The molecule has 1 fully saturated rings. The summed E-state index contributed by atoms with van der Waals surface area (Å²) in [5, 5.41) is 2.78. The van der Waals surface area contributed by atoms with Gasteiger partial charge in [-0.3, -0.25) is 9.59 Å². The van der Waals surface area contributed by atoms with Crippen molar-refractivity contribution in [2.75, 3.05) is 23.3 Å². The molecular formula is C18H19F3N6O3. The van der Waals surface area contributed by atoms with E-state index in [-0.39, 0.29) is 29.1 Å².